The lowest BCUT2D eigenvalue weighted by molar-refractivity contribution is 0.0954. The Balaban J connectivity index is 1.83. The number of halogens is 1. The number of alkyl halides is 1. The van der Waals surface area contributed by atoms with Gasteiger partial charge in [0.2, 0.25) is 0 Å². The van der Waals surface area contributed by atoms with Gasteiger partial charge in [-0.2, -0.15) is 0 Å². The van der Waals surface area contributed by atoms with E-state index < -0.39 is 0 Å². The molecule has 0 atom stereocenters. The van der Waals surface area contributed by atoms with E-state index in [1.165, 1.54) is 24.8 Å². The Bertz CT molecular complexity index is 454. The van der Waals surface area contributed by atoms with Crippen LogP contribution in [-0.2, 0) is 5.88 Å². The lowest BCUT2D eigenvalue weighted by atomic mass is 10.1. The summed E-state index contributed by atoms with van der Waals surface area (Å²) in [5, 5.41) is 2.95. The molecule has 18 heavy (non-hydrogen) atoms. The largest absolute Gasteiger partial charge is 0.352 e. The number of rotatable bonds is 5. The number of carbonyl (C=O) groups is 1. The van der Waals surface area contributed by atoms with Crippen LogP contribution in [0.5, 0.6) is 0 Å². The van der Waals surface area contributed by atoms with Gasteiger partial charge in [-0.25, -0.2) is 0 Å². The summed E-state index contributed by atoms with van der Waals surface area (Å²) in [6.07, 6.45) is 6.92. The Morgan fingerprint density at radius 2 is 2.28 bits per heavy atom. The fraction of sp³-hybridized carbons (Fsp3) is 0.400. The van der Waals surface area contributed by atoms with Gasteiger partial charge in [0.1, 0.15) is 0 Å². The van der Waals surface area contributed by atoms with Crippen LogP contribution in [0.3, 0.4) is 0 Å². The van der Waals surface area contributed by atoms with Gasteiger partial charge < -0.3 is 5.32 Å². The number of benzene rings is 1. The lowest BCUT2D eigenvalue weighted by Crippen LogP contribution is -2.24. The third kappa shape index (κ3) is 3.61. The van der Waals surface area contributed by atoms with Crippen LogP contribution in [-0.4, -0.2) is 12.5 Å². The fourth-order valence-electron chi connectivity index (χ4n) is 2.20. The van der Waals surface area contributed by atoms with Gasteiger partial charge in [-0.1, -0.05) is 23.8 Å². The highest BCUT2D eigenvalue weighted by molar-refractivity contribution is 6.17. The maximum absolute atomic E-state index is 11.9. The summed E-state index contributed by atoms with van der Waals surface area (Å²) in [7, 11) is 0. The van der Waals surface area contributed by atoms with E-state index in [4.69, 9.17) is 11.6 Å². The minimum atomic E-state index is -0.0134. The van der Waals surface area contributed by atoms with Gasteiger partial charge in [-0.15, -0.1) is 11.6 Å². The van der Waals surface area contributed by atoms with E-state index in [0.29, 0.717) is 11.4 Å². The third-order valence-electron chi connectivity index (χ3n) is 3.21. The first-order chi connectivity index (χ1) is 8.79. The molecule has 0 radical (unpaired) electrons. The molecule has 0 unspecified atom stereocenters. The highest BCUT2D eigenvalue weighted by atomic mass is 35.5. The molecule has 1 aromatic carbocycles. The first-order valence-corrected chi connectivity index (χ1v) is 6.94. The standard InChI is InChI=1S/C15H18ClNO/c16-11-13-6-3-7-14(10-13)15(18)17-9-8-12-4-1-2-5-12/h3-4,6-7,10H,1-2,5,8-9,11H2,(H,17,18). The molecule has 1 aliphatic carbocycles. The summed E-state index contributed by atoms with van der Waals surface area (Å²) < 4.78 is 0. The maximum atomic E-state index is 11.9. The van der Waals surface area contributed by atoms with Gasteiger partial charge in [0, 0.05) is 18.0 Å². The Labute approximate surface area is 113 Å². The van der Waals surface area contributed by atoms with E-state index in [-0.39, 0.29) is 5.91 Å². The summed E-state index contributed by atoms with van der Waals surface area (Å²) in [4.78, 5) is 11.9. The second-order valence-electron chi connectivity index (χ2n) is 4.59. The quantitative estimate of drug-likeness (QED) is 0.638. The Kier molecular flexibility index (Phi) is 4.82. The number of amides is 1. The molecule has 2 nitrogen and oxygen atoms in total. The molecule has 3 heteroatoms. The van der Waals surface area contributed by atoms with Crippen molar-refractivity contribution in [1.82, 2.24) is 5.32 Å². The van der Waals surface area contributed by atoms with Gasteiger partial charge in [-0.3, -0.25) is 4.79 Å². The highest BCUT2D eigenvalue weighted by Gasteiger charge is 2.07. The molecule has 1 N–H and O–H groups in total. The van der Waals surface area contributed by atoms with Crippen LogP contribution in [0.25, 0.3) is 0 Å². The van der Waals surface area contributed by atoms with E-state index in [1.807, 2.05) is 24.3 Å². The van der Waals surface area contributed by atoms with Crippen molar-refractivity contribution in [3.8, 4) is 0 Å². The molecule has 0 bridgehead atoms. The van der Waals surface area contributed by atoms with Gasteiger partial charge in [0.05, 0.1) is 0 Å². The van der Waals surface area contributed by atoms with Crippen molar-refractivity contribution in [3.05, 3.63) is 47.0 Å². The van der Waals surface area contributed by atoms with Crippen LogP contribution in [0.1, 0.15) is 41.6 Å². The number of allylic oxidation sites excluding steroid dienone is 1. The fourth-order valence-corrected chi connectivity index (χ4v) is 2.37. The summed E-state index contributed by atoms with van der Waals surface area (Å²) in [6, 6.07) is 7.45. The monoisotopic (exact) mass is 263 g/mol. The Morgan fingerprint density at radius 1 is 1.39 bits per heavy atom. The molecule has 0 aliphatic heterocycles. The number of carbonyl (C=O) groups excluding carboxylic acids is 1. The van der Waals surface area contributed by atoms with Crippen molar-refractivity contribution in [2.45, 2.75) is 31.6 Å². The molecule has 0 spiro atoms. The van der Waals surface area contributed by atoms with E-state index >= 15 is 0 Å². The van der Waals surface area contributed by atoms with Crippen molar-refractivity contribution in [2.24, 2.45) is 0 Å². The molecule has 1 aliphatic rings. The zero-order chi connectivity index (χ0) is 12.8. The number of hydrogen-bond acceptors (Lipinski definition) is 1. The smallest absolute Gasteiger partial charge is 0.251 e. The average molecular weight is 264 g/mol. The molecule has 2 rings (SSSR count). The predicted molar refractivity (Wildman–Crippen MR) is 74.9 cm³/mol. The van der Waals surface area contributed by atoms with Crippen LogP contribution in [0, 0.1) is 0 Å². The highest BCUT2D eigenvalue weighted by Crippen LogP contribution is 2.19. The molecule has 0 fully saturated rings. The van der Waals surface area contributed by atoms with Gasteiger partial charge in [-0.05, 0) is 43.4 Å². The molecular weight excluding hydrogens is 246 g/mol. The normalized spacial score (nSPS) is 14.4. The van der Waals surface area contributed by atoms with Gasteiger partial charge in [0.15, 0.2) is 0 Å². The third-order valence-corrected chi connectivity index (χ3v) is 3.52. The second kappa shape index (κ2) is 6.60. The van der Waals surface area contributed by atoms with Crippen molar-refractivity contribution in [1.29, 1.82) is 0 Å². The molecule has 96 valence electrons. The zero-order valence-electron chi connectivity index (χ0n) is 10.4. The van der Waals surface area contributed by atoms with Crippen LogP contribution in [0.4, 0.5) is 0 Å². The molecular formula is C15H18ClNO. The number of hydrogen-bond donors (Lipinski definition) is 1. The molecule has 0 saturated heterocycles. The van der Waals surface area contributed by atoms with Gasteiger partial charge in [0.25, 0.3) is 5.91 Å². The van der Waals surface area contributed by atoms with Crippen molar-refractivity contribution >= 4 is 17.5 Å². The minimum absolute atomic E-state index is 0.0134. The first kappa shape index (κ1) is 13.2. The molecule has 0 aromatic heterocycles. The summed E-state index contributed by atoms with van der Waals surface area (Å²) >= 11 is 5.75. The maximum Gasteiger partial charge on any atom is 0.251 e. The SMILES string of the molecule is O=C(NCCC1=CCCC1)c1cccc(CCl)c1. The zero-order valence-corrected chi connectivity index (χ0v) is 11.2. The first-order valence-electron chi connectivity index (χ1n) is 6.40. The van der Waals surface area contributed by atoms with Crippen LogP contribution >= 0.6 is 11.6 Å². The van der Waals surface area contributed by atoms with E-state index in [0.717, 1.165) is 18.5 Å². The summed E-state index contributed by atoms with van der Waals surface area (Å²) in [5.41, 5.74) is 3.14. The second-order valence-corrected chi connectivity index (χ2v) is 4.86. The molecule has 1 amide bonds. The van der Waals surface area contributed by atoms with Crippen LogP contribution in [0.2, 0.25) is 0 Å². The Hall–Kier alpha value is -1.28. The van der Waals surface area contributed by atoms with Crippen molar-refractivity contribution in [2.75, 3.05) is 6.54 Å². The topological polar surface area (TPSA) is 29.1 Å². The summed E-state index contributed by atoms with van der Waals surface area (Å²) in [5.74, 6) is 0.425. The van der Waals surface area contributed by atoms with Crippen LogP contribution in [0.15, 0.2) is 35.9 Å². The average Bonchev–Trinajstić information content (AvgIpc) is 2.92. The summed E-state index contributed by atoms with van der Waals surface area (Å²) in [6.45, 7) is 0.718. The molecule has 0 saturated carbocycles. The Morgan fingerprint density at radius 3 is 3.00 bits per heavy atom. The van der Waals surface area contributed by atoms with E-state index in [9.17, 15) is 4.79 Å². The molecule has 1 aromatic rings. The predicted octanol–water partition coefficient (Wildman–Crippen LogP) is 3.66. The van der Waals surface area contributed by atoms with E-state index in [2.05, 4.69) is 11.4 Å². The minimum Gasteiger partial charge on any atom is -0.352 e. The number of nitrogens with one attached hydrogen (secondary N) is 1. The van der Waals surface area contributed by atoms with Crippen LogP contribution < -0.4 is 5.32 Å². The van der Waals surface area contributed by atoms with Gasteiger partial charge >= 0.3 is 0 Å². The lowest BCUT2D eigenvalue weighted by Gasteiger charge is -2.06. The van der Waals surface area contributed by atoms with Crippen molar-refractivity contribution in [3.63, 3.8) is 0 Å². The van der Waals surface area contributed by atoms with E-state index in [1.54, 1.807) is 0 Å². The van der Waals surface area contributed by atoms with Crippen molar-refractivity contribution < 1.29 is 4.79 Å². The molecule has 0 heterocycles.